The normalized spacial score (nSPS) is 15.7. The van der Waals surface area contributed by atoms with Crippen molar-refractivity contribution < 1.29 is 14.3 Å². The molecule has 1 aliphatic rings. The monoisotopic (exact) mass is 379 g/mol. The van der Waals surface area contributed by atoms with Crippen molar-refractivity contribution in [3.05, 3.63) is 54.4 Å². The summed E-state index contributed by atoms with van der Waals surface area (Å²) in [5.41, 5.74) is 2.78. The SMILES string of the molecule is CC(C(=O)NCCOc1cccc2c1OC(C)(C)C2)n1cnc2ccccc21. The number of benzene rings is 2. The maximum atomic E-state index is 12.5. The molecule has 0 saturated heterocycles. The summed E-state index contributed by atoms with van der Waals surface area (Å²) < 4.78 is 13.8. The van der Waals surface area contributed by atoms with Crippen LogP contribution in [-0.4, -0.2) is 34.2 Å². The minimum atomic E-state index is -0.350. The van der Waals surface area contributed by atoms with Crippen LogP contribution < -0.4 is 14.8 Å². The van der Waals surface area contributed by atoms with Gasteiger partial charge < -0.3 is 19.4 Å². The predicted molar refractivity (Wildman–Crippen MR) is 108 cm³/mol. The highest BCUT2D eigenvalue weighted by atomic mass is 16.5. The Morgan fingerprint density at radius 3 is 2.96 bits per heavy atom. The van der Waals surface area contributed by atoms with Crippen molar-refractivity contribution in [2.24, 2.45) is 0 Å². The summed E-state index contributed by atoms with van der Waals surface area (Å²) in [7, 11) is 0. The van der Waals surface area contributed by atoms with Crippen molar-refractivity contribution in [3.8, 4) is 11.5 Å². The number of fused-ring (bicyclic) bond motifs is 2. The Kier molecular flexibility index (Phi) is 4.71. The number of nitrogens with one attached hydrogen (secondary N) is 1. The minimum Gasteiger partial charge on any atom is -0.488 e. The molecule has 146 valence electrons. The Balaban J connectivity index is 1.33. The van der Waals surface area contributed by atoms with Gasteiger partial charge in [0.05, 0.1) is 23.9 Å². The van der Waals surface area contributed by atoms with Gasteiger partial charge in [-0.2, -0.15) is 0 Å². The maximum Gasteiger partial charge on any atom is 0.242 e. The lowest BCUT2D eigenvalue weighted by molar-refractivity contribution is -0.123. The summed E-state index contributed by atoms with van der Waals surface area (Å²) in [6.45, 7) is 6.80. The molecule has 0 saturated carbocycles. The van der Waals surface area contributed by atoms with Crippen LogP contribution in [0.2, 0.25) is 0 Å². The minimum absolute atomic E-state index is 0.0672. The molecule has 0 aliphatic carbocycles. The van der Waals surface area contributed by atoms with Crippen LogP contribution in [-0.2, 0) is 11.2 Å². The molecule has 0 spiro atoms. The number of para-hydroxylation sites is 3. The van der Waals surface area contributed by atoms with E-state index in [0.717, 1.165) is 34.5 Å². The van der Waals surface area contributed by atoms with E-state index in [1.807, 2.05) is 47.9 Å². The number of carbonyl (C=O) groups excluding carboxylic acids is 1. The van der Waals surface area contributed by atoms with Crippen molar-refractivity contribution in [1.82, 2.24) is 14.9 Å². The fourth-order valence-electron chi connectivity index (χ4n) is 3.60. The summed E-state index contributed by atoms with van der Waals surface area (Å²) in [4.78, 5) is 16.9. The molecule has 0 radical (unpaired) electrons. The molecule has 3 aromatic rings. The third-order valence-electron chi connectivity index (χ3n) is 4.99. The molecule has 6 heteroatoms. The second kappa shape index (κ2) is 7.19. The molecule has 4 rings (SSSR count). The number of hydrogen-bond donors (Lipinski definition) is 1. The molecule has 1 aliphatic heterocycles. The lowest BCUT2D eigenvalue weighted by Crippen LogP contribution is -2.33. The topological polar surface area (TPSA) is 65.4 Å². The fourth-order valence-corrected chi connectivity index (χ4v) is 3.60. The van der Waals surface area contributed by atoms with Crippen LogP contribution in [0.1, 0.15) is 32.4 Å². The molecule has 2 heterocycles. The van der Waals surface area contributed by atoms with Gasteiger partial charge in [0, 0.05) is 12.0 Å². The molecule has 2 aromatic carbocycles. The standard InChI is InChI=1S/C22H25N3O3/c1-15(25-14-24-17-8-4-5-9-18(17)25)21(26)23-11-12-27-19-10-6-7-16-13-22(2,3)28-20(16)19/h4-10,14-15H,11-13H2,1-3H3,(H,23,26). The molecule has 1 N–H and O–H groups in total. The molecule has 1 unspecified atom stereocenters. The molecular weight excluding hydrogens is 354 g/mol. The highest BCUT2D eigenvalue weighted by Gasteiger charge is 2.32. The van der Waals surface area contributed by atoms with Crippen molar-refractivity contribution >= 4 is 16.9 Å². The van der Waals surface area contributed by atoms with Gasteiger partial charge in [-0.25, -0.2) is 4.98 Å². The summed E-state index contributed by atoms with van der Waals surface area (Å²) in [5, 5.41) is 2.94. The number of rotatable bonds is 6. The molecule has 6 nitrogen and oxygen atoms in total. The smallest absolute Gasteiger partial charge is 0.242 e. The van der Waals surface area contributed by atoms with E-state index in [1.54, 1.807) is 6.33 Å². The van der Waals surface area contributed by atoms with Crippen LogP contribution in [0.4, 0.5) is 0 Å². The lowest BCUT2D eigenvalue weighted by atomic mass is 10.0. The summed E-state index contributed by atoms with van der Waals surface area (Å²) >= 11 is 0. The van der Waals surface area contributed by atoms with E-state index in [1.165, 1.54) is 0 Å². The highest BCUT2D eigenvalue weighted by Crippen LogP contribution is 2.41. The first kappa shape index (κ1) is 18.3. The molecule has 0 fully saturated rings. The first-order valence-electron chi connectivity index (χ1n) is 9.58. The number of amides is 1. The molecular formula is C22H25N3O3. The number of nitrogens with zero attached hydrogens (tertiary/aromatic N) is 2. The highest BCUT2D eigenvalue weighted by molar-refractivity contribution is 5.83. The molecule has 1 atom stereocenters. The third-order valence-corrected chi connectivity index (χ3v) is 4.99. The van der Waals surface area contributed by atoms with Crippen LogP contribution in [0.15, 0.2) is 48.8 Å². The Morgan fingerprint density at radius 1 is 1.29 bits per heavy atom. The first-order chi connectivity index (χ1) is 13.4. The second-order valence-electron chi connectivity index (χ2n) is 7.74. The fraction of sp³-hybridized carbons (Fsp3) is 0.364. The Labute approximate surface area is 164 Å². The molecule has 0 bridgehead atoms. The lowest BCUT2D eigenvalue weighted by Gasteiger charge is -2.18. The summed E-state index contributed by atoms with van der Waals surface area (Å²) in [6.07, 6.45) is 2.57. The Bertz CT molecular complexity index is 1010. The van der Waals surface area contributed by atoms with E-state index >= 15 is 0 Å². The third kappa shape index (κ3) is 3.54. The van der Waals surface area contributed by atoms with Gasteiger partial charge in [0.15, 0.2) is 11.5 Å². The quantitative estimate of drug-likeness (QED) is 0.666. The maximum absolute atomic E-state index is 12.5. The average molecular weight is 379 g/mol. The van der Waals surface area contributed by atoms with Crippen LogP contribution >= 0.6 is 0 Å². The van der Waals surface area contributed by atoms with Gasteiger partial charge in [-0.1, -0.05) is 24.3 Å². The van der Waals surface area contributed by atoms with E-state index < -0.39 is 0 Å². The van der Waals surface area contributed by atoms with Gasteiger partial charge in [0.2, 0.25) is 5.91 Å². The van der Waals surface area contributed by atoms with Crippen molar-refractivity contribution in [1.29, 1.82) is 0 Å². The van der Waals surface area contributed by atoms with Gasteiger partial charge in [-0.05, 0) is 39.0 Å². The molecule has 1 aromatic heterocycles. The van der Waals surface area contributed by atoms with Crippen LogP contribution in [0.25, 0.3) is 11.0 Å². The van der Waals surface area contributed by atoms with Crippen molar-refractivity contribution in [3.63, 3.8) is 0 Å². The van der Waals surface area contributed by atoms with Crippen LogP contribution in [0.5, 0.6) is 11.5 Å². The number of carbonyl (C=O) groups is 1. The van der Waals surface area contributed by atoms with Gasteiger partial charge in [-0.3, -0.25) is 4.79 Å². The largest absolute Gasteiger partial charge is 0.488 e. The zero-order chi connectivity index (χ0) is 19.7. The van der Waals surface area contributed by atoms with Gasteiger partial charge >= 0.3 is 0 Å². The van der Waals surface area contributed by atoms with Gasteiger partial charge in [-0.15, -0.1) is 0 Å². The molecule has 28 heavy (non-hydrogen) atoms. The Morgan fingerprint density at radius 2 is 2.11 bits per heavy atom. The van der Waals surface area contributed by atoms with E-state index in [4.69, 9.17) is 9.47 Å². The summed E-state index contributed by atoms with van der Waals surface area (Å²) in [6, 6.07) is 13.4. The second-order valence-corrected chi connectivity index (χ2v) is 7.74. The zero-order valence-corrected chi connectivity index (χ0v) is 16.4. The Hall–Kier alpha value is -3.02. The zero-order valence-electron chi connectivity index (χ0n) is 16.4. The summed E-state index contributed by atoms with van der Waals surface area (Å²) in [5.74, 6) is 1.48. The number of ether oxygens (including phenoxy) is 2. The van der Waals surface area contributed by atoms with Gasteiger partial charge in [0.1, 0.15) is 18.2 Å². The van der Waals surface area contributed by atoms with Crippen molar-refractivity contribution in [2.45, 2.75) is 38.8 Å². The number of aromatic nitrogens is 2. The van der Waals surface area contributed by atoms with Crippen molar-refractivity contribution in [2.75, 3.05) is 13.2 Å². The first-order valence-corrected chi connectivity index (χ1v) is 9.58. The number of hydrogen-bond acceptors (Lipinski definition) is 4. The van der Waals surface area contributed by atoms with E-state index in [2.05, 4.69) is 30.2 Å². The van der Waals surface area contributed by atoms with E-state index in [9.17, 15) is 4.79 Å². The van der Waals surface area contributed by atoms with Crippen LogP contribution in [0, 0.1) is 0 Å². The predicted octanol–water partition coefficient (Wildman–Crippen LogP) is 3.51. The van der Waals surface area contributed by atoms with E-state index in [0.29, 0.717) is 13.2 Å². The average Bonchev–Trinajstić information content (AvgIpc) is 3.24. The van der Waals surface area contributed by atoms with Gasteiger partial charge in [0.25, 0.3) is 0 Å². The molecule has 1 amide bonds. The van der Waals surface area contributed by atoms with Crippen LogP contribution in [0.3, 0.4) is 0 Å². The number of imidazole rings is 1. The van der Waals surface area contributed by atoms with E-state index in [-0.39, 0.29) is 17.6 Å².